The van der Waals surface area contributed by atoms with Gasteiger partial charge in [0.05, 0.1) is 0 Å². The fraction of sp³-hybridized carbons (Fsp3) is 0.375. The fourth-order valence-electron chi connectivity index (χ4n) is 4.10. The first-order valence-electron chi connectivity index (χ1n) is 9.91. The minimum absolute atomic E-state index is 0.559. The summed E-state index contributed by atoms with van der Waals surface area (Å²) in [6.45, 7) is 9.48. The van der Waals surface area contributed by atoms with Crippen molar-refractivity contribution in [1.82, 2.24) is 4.98 Å². The van der Waals surface area contributed by atoms with Gasteiger partial charge in [-0.25, -0.2) is 4.98 Å². The number of ether oxygens (including phenoxy) is 1. The van der Waals surface area contributed by atoms with Crippen molar-refractivity contribution >= 4 is 16.7 Å². The predicted molar refractivity (Wildman–Crippen MR) is 112 cm³/mol. The van der Waals surface area contributed by atoms with E-state index in [4.69, 9.17) is 9.72 Å². The number of fused-ring (bicyclic) bond motifs is 1. The summed E-state index contributed by atoms with van der Waals surface area (Å²) in [7, 11) is 0. The van der Waals surface area contributed by atoms with Gasteiger partial charge in [-0.05, 0) is 48.9 Å². The van der Waals surface area contributed by atoms with E-state index < -0.39 is 0 Å². The Kier molecular flexibility index (Phi) is 5.02. The Morgan fingerprint density at radius 1 is 0.963 bits per heavy atom. The van der Waals surface area contributed by atoms with Crippen LogP contribution in [0.2, 0.25) is 0 Å². The number of para-hydroxylation sites is 1. The maximum atomic E-state index is 6.15. The van der Waals surface area contributed by atoms with Crippen LogP contribution < -0.4 is 9.64 Å². The molecule has 2 heterocycles. The Labute approximate surface area is 162 Å². The van der Waals surface area contributed by atoms with E-state index in [1.165, 1.54) is 17.5 Å². The standard InChI is InChI=1S/C24H28N2O/c1-17-7-9-20(10-8-17)16-27-22-6-4-5-21-11-12-23(25-24(21)22)26-14-18(2)13-19(3)15-26/h4-12,18-19H,13-16H2,1-3H3. The van der Waals surface area contributed by atoms with Gasteiger partial charge in [-0.2, -0.15) is 0 Å². The highest BCUT2D eigenvalue weighted by atomic mass is 16.5. The number of pyridine rings is 1. The van der Waals surface area contributed by atoms with Gasteiger partial charge in [-0.15, -0.1) is 0 Å². The van der Waals surface area contributed by atoms with E-state index in [1.54, 1.807) is 0 Å². The maximum Gasteiger partial charge on any atom is 0.146 e. The van der Waals surface area contributed by atoms with Crippen molar-refractivity contribution in [1.29, 1.82) is 0 Å². The van der Waals surface area contributed by atoms with E-state index in [0.717, 1.165) is 35.6 Å². The summed E-state index contributed by atoms with van der Waals surface area (Å²) in [6.07, 6.45) is 1.30. The van der Waals surface area contributed by atoms with Crippen molar-refractivity contribution in [3.63, 3.8) is 0 Å². The molecule has 3 nitrogen and oxygen atoms in total. The molecule has 1 aliphatic heterocycles. The molecule has 2 aromatic carbocycles. The lowest BCUT2D eigenvalue weighted by atomic mass is 9.92. The summed E-state index contributed by atoms with van der Waals surface area (Å²) >= 11 is 0. The van der Waals surface area contributed by atoms with Crippen LogP contribution in [0.1, 0.15) is 31.4 Å². The molecule has 1 aromatic heterocycles. The second-order valence-electron chi connectivity index (χ2n) is 8.12. The van der Waals surface area contributed by atoms with Crippen molar-refractivity contribution in [2.24, 2.45) is 11.8 Å². The number of aryl methyl sites for hydroxylation is 1. The van der Waals surface area contributed by atoms with Crippen LogP contribution in [0.5, 0.6) is 5.75 Å². The van der Waals surface area contributed by atoms with Gasteiger partial charge in [-0.3, -0.25) is 0 Å². The smallest absolute Gasteiger partial charge is 0.146 e. The predicted octanol–water partition coefficient (Wildman–Crippen LogP) is 5.60. The number of hydrogen-bond donors (Lipinski definition) is 0. The molecule has 0 amide bonds. The van der Waals surface area contributed by atoms with E-state index >= 15 is 0 Å². The van der Waals surface area contributed by atoms with Crippen molar-refractivity contribution in [3.05, 3.63) is 65.7 Å². The number of nitrogens with zero attached hydrogens (tertiary/aromatic N) is 2. The summed E-state index contributed by atoms with van der Waals surface area (Å²) in [6, 6.07) is 19.0. The Bertz CT molecular complexity index is 909. The van der Waals surface area contributed by atoms with Gasteiger partial charge < -0.3 is 9.64 Å². The Hall–Kier alpha value is -2.55. The molecule has 1 aliphatic rings. The van der Waals surface area contributed by atoms with Gasteiger partial charge in [0, 0.05) is 18.5 Å². The first-order chi connectivity index (χ1) is 13.1. The number of benzene rings is 2. The average Bonchev–Trinajstić information content (AvgIpc) is 2.66. The zero-order chi connectivity index (χ0) is 18.8. The van der Waals surface area contributed by atoms with Crippen LogP contribution in [-0.4, -0.2) is 18.1 Å². The first kappa shape index (κ1) is 17.8. The van der Waals surface area contributed by atoms with Crippen molar-refractivity contribution < 1.29 is 4.74 Å². The topological polar surface area (TPSA) is 25.4 Å². The van der Waals surface area contributed by atoms with Gasteiger partial charge in [-0.1, -0.05) is 55.8 Å². The third-order valence-corrected chi connectivity index (χ3v) is 5.38. The van der Waals surface area contributed by atoms with Gasteiger partial charge in [0.25, 0.3) is 0 Å². The molecule has 1 saturated heterocycles. The monoisotopic (exact) mass is 360 g/mol. The molecule has 0 N–H and O–H groups in total. The van der Waals surface area contributed by atoms with Gasteiger partial charge in [0.2, 0.25) is 0 Å². The minimum Gasteiger partial charge on any atom is -0.487 e. The highest BCUT2D eigenvalue weighted by Gasteiger charge is 2.23. The largest absolute Gasteiger partial charge is 0.487 e. The molecule has 3 heteroatoms. The van der Waals surface area contributed by atoms with E-state index in [0.29, 0.717) is 18.4 Å². The maximum absolute atomic E-state index is 6.15. The molecule has 0 saturated carbocycles. The Morgan fingerprint density at radius 2 is 1.70 bits per heavy atom. The second-order valence-corrected chi connectivity index (χ2v) is 8.12. The van der Waals surface area contributed by atoms with Crippen LogP contribution in [0.15, 0.2) is 54.6 Å². The van der Waals surface area contributed by atoms with Crippen LogP contribution in [0, 0.1) is 18.8 Å². The van der Waals surface area contributed by atoms with E-state index in [1.807, 2.05) is 12.1 Å². The summed E-state index contributed by atoms with van der Waals surface area (Å²) in [5.41, 5.74) is 3.39. The SMILES string of the molecule is Cc1ccc(COc2cccc3ccc(N4CC(C)CC(C)C4)nc23)cc1. The van der Waals surface area contributed by atoms with Crippen LogP contribution in [0.4, 0.5) is 5.82 Å². The zero-order valence-corrected chi connectivity index (χ0v) is 16.5. The molecular formula is C24H28N2O. The molecule has 27 heavy (non-hydrogen) atoms. The number of anilines is 1. The lowest BCUT2D eigenvalue weighted by molar-refractivity contribution is 0.309. The average molecular weight is 361 g/mol. The normalized spacial score (nSPS) is 20.0. The highest BCUT2D eigenvalue weighted by molar-refractivity contribution is 5.86. The quantitative estimate of drug-likeness (QED) is 0.605. The summed E-state index contributed by atoms with van der Waals surface area (Å²) in [4.78, 5) is 7.42. The number of piperidine rings is 1. The second kappa shape index (κ2) is 7.59. The van der Waals surface area contributed by atoms with Gasteiger partial charge in [0.1, 0.15) is 23.7 Å². The van der Waals surface area contributed by atoms with E-state index in [-0.39, 0.29) is 0 Å². The summed E-state index contributed by atoms with van der Waals surface area (Å²) in [5, 5.41) is 1.12. The van der Waals surface area contributed by atoms with Crippen molar-refractivity contribution in [2.45, 2.75) is 33.8 Å². The van der Waals surface area contributed by atoms with Gasteiger partial charge in [0.15, 0.2) is 0 Å². The Balaban J connectivity index is 1.60. The molecule has 0 bridgehead atoms. The van der Waals surface area contributed by atoms with Crippen LogP contribution in [-0.2, 0) is 6.61 Å². The molecule has 0 radical (unpaired) electrons. The van der Waals surface area contributed by atoms with Crippen LogP contribution in [0.3, 0.4) is 0 Å². The molecule has 1 fully saturated rings. The minimum atomic E-state index is 0.559. The Morgan fingerprint density at radius 3 is 2.44 bits per heavy atom. The van der Waals surface area contributed by atoms with Crippen LogP contribution >= 0.6 is 0 Å². The number of rotatable bonds is 4. The number of hydrogen-bond acceptors (Lipinski definition) is 3. The van der Waals surface area contributed by atoms with E-state index in [9.17, 15) is 0 Å². The number of aromatic nitrogens is 1. The molecule has 0 spiro atoms. The summed E-state index contributed by atoms with van der Waals surface area (Å²) < 4.78 is 6.15. The molecule has 0 aliphatic carbocycles. The third kappa shape index (κ3) is 4.08. The van der Waals surface area contributed by atoms with Crippen molar-refractivity contribution in [3.8, 4) is 5.75 Å². The van der Waals surface area contributed by atoms with Crippen LogP contribution in [0.25, 0.3) is 10.9 Å². The molecule has 140 valence electrons. The first-order valence-corrected chi connectivity index (χ1v) is 9.91. The van der Waals surface area contributed by atoms with Crippen molar-refractivity contribution in [2.75, 3.05) is 18.0 Å². The molecule has 3 aromatic rings. The van der Waals surface area contributed by atoms with E-state index in [2.05, 4.69) is 68.1 Å². The summed E-state index contributed by atoms with van der Waals surface area (Å²) in [5.74, 6) is 3.33. The third-order valence-electron chi connectivity index (χ3n) is 5.38. The lowest BCUT2D eigenvalue weighted by Gasteiger charge is -2.35. The molecule has 2 unspecified atom stereocenters. The van der Waals surface area contributed by atoms with Gasteiger partial charge >= 0.3 is 0 Å². The molecule has 2 atom stereocenters. The highest BCUT2D eigenvalue weighted by Crippen LogP contribution is 2.30. The fourth-order valence-corrected chi connectivity index (χ4v) is 4.10. The molecular weight excluding hydrogens is 332 g/mol. The zero-order valence-electron chi connectivity index (χ0n) is 16.5. The lowest BCUT2D eigenvalue weighted by Crippen LogP contribution is -2.39. The molecule has 4 rings (SSSR count).